The molecule has 392 valence electrons. The monoisotopic (exact) mass is 1050 g/mol. The zero-order valence-electron chi connectivity index (χ0n) is 41.8. The van der Waals surface area contributed by atoms with Gasteiger partial charge in [-0.05, 0) is 119 Å². The number of likely N-dealkylation sites (tertiary alicyclic amines) is 1. The van der Waals surface area contributed by atoms with Crippen LogP contribution in [-0.4, -0.2) is 107 Å². The molecule has 2 aliphatic heterocycles. The van der Waals surface area contributed by atoms with E-state index in [0.717, 1.165) is 26.6 Å². The van der Waals surface area contributed by atoms with Gasteiger partial charge in [-0.25, -0.2) is 9.37 Å². The van der Waals surface area contributed by atoms with E-state index in [0.29, 0.717) is 69.1 Å². The number of anilines is 2. The van der Waals surface area contributed by atoms with Gasteiger partial charge in [0, 0.05) is 38.5 Å². The van der Waals surface area contributed by atoms with Gasteiger partial charge >= 0.3 is 6.18 Å². The molecule has 3 aromatic carbocycles. The summed E-state index contributed by atoms with van der Waals surface area (Å²) in [6, 6.07) is 14.4. The standard InChI is InChI=1S/C52H61F4N7O8S2/c1-31(33-12-14-34(15-13-33)44-32(2)58-30-73-44)59-46(66)42-25-37(64)28-61(42)47(67)45(50(3,4)5)60-43(65)29-70-22-9-8-20-69-21-10-11-23-71-38-18-16-36(17-19-38)63-49(72)62(48(68)51(63,6)7)41-26-39(52(54,55)56)35(27-57)24-40(41)53/h12-19,24,26,30-31,37,42,45,64H,8-11,20-23,25,28-29H2,1-7H3,(H,59,66)(H,60,65)/t31-,37+,42-,45+/m0/s1. The van der Waals surface area contributed by atoms with E-state index in [1.165, 1.54) is 29.7 Å². The number of rotatable bonds is 21. The molecular formula is C52H61F4N7O8S2. The van der Waals surface area contributed by atoms with E-state index in [4.69, 9.17) is 31.7 Å². The molecule has 1 aromatic heterocycles. The lowest BCUT2D eigenvalue weighted by molar-refractivity contribution is -0.144. The first-order valence-electron chi connectivity index (χ1n) is 23.9. The first-order chi connectivity index (χ1) is 34.4. The van der Waals surface area contributed by atoms with Crippen molar-refractivity contribution in [2.45, 2.75) is 117 Å². The summed E-state index contributed by atoms with van der Waals surface area (Å²) in [4.78, 5) is 63.1. The lowest BCUT2D eigenvalue weighted by Gasteiger charge is -2.35. The zero-order valence-corrected chi connectivity index (χ0v) is 43.4. The van der Waals surface area contributed by atoms with E-state index in [-0.39, 0.29) is 37.3 Å². The Labute approximate surface area is 431 Å². The molecular weight excluding hydrogens is 991 g/mol. The summed E-state index contributed by atoms with van der Waals surface area (Å²) in [6.07, 6.45) is -3.11. The van der Waals surface area contributed by atoms with Crippen LogP contribution in [0.5, 0.6) is 5.75 Å². The van der Waals surface area contributed by atoms with Gasteiger partial charge in [-0.2, -0.15) is 18.4 Å². The van der Waals surface area contributed by atoms with E-state index in [9.17, 15) is 37.5 Å². The van der Waals surface area contributed by atoms with E-state index >= 15 is 4.39 Å². The molecule has 4 amide bonds. The number of amides is 4. The predicted octanol–water partition coefficient (Wildman–Crippen LogP) is 8.41. The molecule has 4 aromatic rings. The Balaban J connectivity index is 0.865. The molecule has 3 heterocycles. The molecule has 0 saturated carbocycles. The quantitative estimate of drug-likeness (QED) is 0.0412. The summed E-state index contributed by atoms with van der Waals surface area (Å²) in [6.45, 7) is 13.6. The molecule has 21 heteroatoms. The lowest BCUT2D eigenvalue weighted by Crippen LogP contribution is -2.58. The van der Waals surface area contributed by atoms with Crippen molar-refractivity contribution < 1.29 is 56.1 Å². The van der Waals surface area contributed by atoms with Gasteiger partial charge in [-0.3, -0.25) is 24.1 Å². The number of aliphatic hydroxyl groups is 1. The van der Waals surface area contributed by atoms with Crippen LogP contribution in [0.25, 0.3) is 10.4 Å². The largest absolute Gasteiger partial charge is 0.494 e. The van der Waals surface area contributed by atoms with Gasteiger partial charge < -0.3 is 39.8 Å². The van der Waals surface area contributed by atoms with Crippen molar-refractivity contribution in [1.29, 1.82) is 5.26 Å². The number of halogens is 4. The summed E-state index contributed by atoms with van der Waals surface area (Å²) >= 11 is 7.07. The number of thiazole rings is 1. The number of ether oxygens (including phenoxy) is 3. The maximum atomic E-state index is 15.1. The number of aromatic nitrogens is 1. The van der Waals surface area contributed by atoms with Gasteiger partial charge in [-0.1, -0.05) is 45.0 Å². The fourth-order valence-corrected chi connectivity index (χ4v) is 9.91. The maximum absolute atomic E-state index is 15.1. The minimum atomic E-state index is -4.97. The number of unbranched alkanes of at least 4 members (excludes halogenated alkanes) is 2. The van der Waals surface area contributed by atoms with E-state index in [1.54, 1.807) is 41.1 Å². The van der Waals surface area contributed by atoms with Crippen LogP contribution in [-0.2, 0) is 34.8 Å². The molecule has 0 aliphatic carbocycles. The Hall–Kier alpha value is -6.05. The minimum Gasteiger partial charge on any atom is -0.494 e. The number of nitrogens with one attached hydrogen (secondary N) is 2. The number of carbonyl (C=O) groups is 4. The molecule has 0 bridgehead atoms. The van der Waals surface area contributed by atoms with Crippen LogP contribution in [0.4, 0.5) is 28.9 Å². The number of carbonyl (C=O) groups excluding carboxylic acids is 4. The van der Waals surface area contributed by atoms with Gasteiger partial charge in [0.05, 0.1) is 57.7 Å². The number of aryl methyl sites for hydroxylation is 1. The summed E-state index contributed by atoms with van der Waals surface area (Å²) in [7, 11) is 0. The molecule has 2 saturated heterocycles. The number of benzene rings is 3. The smallest absolute Gasteiger partial charge is 0.417 e. The highest BCUT2D eigenvalue weighted by atomic mass is 32.1. The molecule has 3 N–H and O–H groups in total. The third-order valence-electron chi connectivity index (χ3n) is 12.6. The Morgan fingerprint density at radius 1 is 0.973 bits per heavy atom. The highest BCUT2D eigenvalue weighted by molar-refractivity contribution is 7.81. The zero-order chi connectivity index (χ0) is 53.4. The number of thiocarbonyl (C=S) groups is 1. The maximum Gasteiger partial charge on any atom is 0.417 e. The molecule has 2 fully saturated rings. The second-order valence-corrected chi connectivity index (χ2v) is 20.8. The fourth-order valence-electron chi connectivity index (χ4n) is 8.58. The molecule has 0 spiro atoms. The van der Waals surface area contributed by atoms with Crippen LogP contribution < -0.4 is 25.2 Å². The van der Waals surface area contributed by atoms with Crippen molar-refractivity contribution in [2.75, 3.05) is 49.4 Å². The van der Waals surface area contributed by atoms with Crippen molar-refractivity contribution in [3.05, 3.63) is 94.4 Å². The van der Waals surface area contributed by atoms with Gasteiger partial charge in [0.2, 0.25) is 17.7 Å². The first-order valence-corrected chi connectivity index (χ1v) is 25.2. The topological polar surface area (TPSA) is 187 Å². The Kier molecular flexibility index (Phi) is 18.4. The molecule has 6 rings (SSSR count). The molecule has 15 nitrogen and oxygen atoms in total. The van der Waals surface area contributed by atoms with Crippen molar-refractivity contribution in [3.63, 3.8) is 0 Å². The van der Waals surface area contributed by atoms with Crippen LogP contribution in [0, 0.1) is 29.5 Å². The molecule has 0 unspecified atom stereocenters. The SMILES string of the molecule is Cc1ncsc1-c1ccc([C@H](C)NC(=O)[C@@H]2C[C@@H](O)CN2C(=O)[C@@H](NC(=O)COCCCCOCCCCOc2ccc(N3C(=S)N(c4cc(C(F)(F)F)c(C#N)cc4F)C(=O)C3(C)C)cc2)C(C)(C)C)cc1. The molecule has 0 radical (unpaired) electrons. The van der Waals surface area contributed by atoms with Gasteiger partial charge in [0.1, 0.15) is 35.8 Å². The van der Waals surface area contributed by atoms with E-state index < -0.39 is 81.6 Å². The van der Waals surface area contributed by atoms with Crippen molar-refractivity contribution in [2.24, 2.45) is 5.41 Å². The van der Waals surface area contributed by atoms with Gasteiger partial charge in [0.25, 0.3) is 5.91 Å². The fraction of sp³-hybridized carbons (Fsp3) is 0.481. The third-order valence-corrected chi connectivity index (χ3v) is 13.9. The van der Waals surface area contributed by atoms with E-state index in [1.807, 2.05) is 58.9 Å². The first kappa shape index (κ1) is 56.2. The number of alkyl halides is 3. The number of nitrogens with zero attached hydrogens (tertiary/aromatic N) is 5. The van der Waals surface area contributed by atoms with Crippen LogP contribution in [0.1, 0.15) is 102 Å². The minimum absolute atomic E-state index is 0.0414. The second kappa shape index (κ2) is 23.9. The average Bonchev–Trinajstić information content (AvgIpc) is 4.00. The molecule has 4 atom stereocenters. The van der Waals surface area contributed by atoms with Crippen LogP contribution in [0.2, 0.25) is 0 Å². The normalized spacial score (nSPS) is 17.7. The lowest BCUT2D eigenvalue weighted by atomic mass is 9.85. The van der Waals surface area contributed by atoms with Gasteiger partial charge in [-0.15, -0.1) is 11.3 Å². The van der Waals surface area contributed by atoms with Crippen molar-refractivity contribution in [1.82, 2.24) is 20.5 Å². The van der Waals surface area contributed by atoms with Crippen LogP contribution in [0.15, 0.2) is 66.2 Å². The Morgan fingerprint density at radius 2 is 1.60 bits per heavy atom. The van der Waals surface area contributed by atoms with Crippen LogP contribution in [0.3, 0.4) is 0 Å². The second-order valence-electron chi connectivity index (χ2n) is 19.6. The Bertz CT molecular complexity index is 2670. The molecule has 73 heavy (non-hydrogen) atoms. The van der Waals surface area contributed by atoms with Gasteiger partial charge in [0.15, 0.2) is 5.11 Å². The average molecular weight is 1050 g/mol. The third kappa shape index (κ3) is 13.6. The highest BCUT2D eigenvalue weighted by Gasteiger charge is 2.52. The summed E-state index contributed by atoms with van der Waals surface area (Å²) < 4.78 is 73.5. The number of hydrogen-bond acceptors (Lipinski definition) is 12. The number of β-amino-alcohol motifs (C(OH)–C–C–N with tert-alkyl or cyclic N) is 1. The summed E-state index contributed by atoms with van der Waals surface area (Å²) in [5.41, 5.74) is -0.0403. The van der Waals surface area contributed by atoms with E-state index in [2.05, 4.69) is 15.6 Å². The van der Waals surface area contributed by atoms with Crippen LogP contribution >= 0.6 is 23.6 Å². The number of hydrogen-bond donors (Lipinski definition) is 3. The summed E-state index contributed by atoms with van der Waals surface area (Å²) in [5.74, 6) is -2.77. The van der Waals surface area contributed by atoms with Crippen molar-refractivity contribution in [3.8, 4) is 22.3 Å². The van der Waals surface area contributed by atoms with Crippen molar-refractivity contribution >= 4 is 63.7 Å². The highest BCUT2D eigenvalue weighted by Crippen LogP contribution is 2.41. The summed E-state index contributed by atoms with van der Waals surface area (Å²) in [5, 5.41) is 25.3. The predicted molar refractivity (Wildman–Crippen MR) is 271 cm³/mol. The Morgan fingerprint density at radius 3 is 2.19 bits per heavy atom. The number of aliphatic hydroxyl groups excluding tert-OH is 1. The molecule has 2 aliphatic rings. The number of nitriles is 1.